The molecule has 1 unspecified atom stereocenters. The Morgan fingerprint density at radius 2 is 2.14 bits per heavy atom. The van der Waals surface area contributed by atoms with Crippen LogP contribution in [0, 0.1) is 0 Å². The highest BCUT2D eigenvalue weighted by atomic mass is 79.9. The molecule has 1 atom stereocenters. The molecule has 0 bridgehead atoms. The zero-order chi connectivity index (χ0) is 10.2. The average molecular weight is 257 g/mol. The van der Waals surface area contributed by atoms with Crippen LogP contribution in [0.15, 0.2) is 18.2 Å². The normalized spacial score (nSPS) is 23.9. The van der Waals surface area contributed by atoms with E-state index in [0.29, 0.717) is 0 Å². The summed E-state index contributed by atoms with van der Waals surface area (Å²) in [5.41, 5.74) is 1.14. The van der Waals surface area contributed by atoms with Crippen molar-refractivity contribution < 1.29 is 9.47 Å². The van der Waals surface area contributed by atoms with Crippen molar-refractivity contribution in [3.05, 3.63) is 23.8 Å². The number of rotatable bonds is 2. The molecule has 0 aliphatic carbocycles. The largest absolute Gasteiger partial charge is 0.449 e. The van der Waals surface area contributed by atoms with E-state index in [1.165, 1.54) is 0 Å². The third-order valence-corrected chi connectivity index (χ3v) is 3.09. The van der Waals surface area contributed by atoms with Gasteiger partial charge in [0.15, 0.2) is 11.5 Å². The topological polar surface area (TPSA) is 18.5 Å². The van der Waals surface area contributed by atoms with Crippen molar-refractivity contribution in [1.29, 1.82) is 0 Å². The van der Waals surface area contributed by atoms with Crippen molar-refractivity contribution in [2.75, 3.05) is 0 Å². The molecule has 0 fully saturated rings. The highest BCUT2D eigenvalue weighted by molar-refractivity contribution is 9.08. The highest BCUT2D eigenvalue weighted by Gasteiger charge is 2.35. The van der Waals surface area contributed by atoms with Crippen LogP contribution < -0.4 is 9.47 Å². The molecule has 0 amide bonds. The van der Waals surface area contributed by atoms with E-state index in [9.17, 15) is 0 Å². The van der Waals surface area contributed by atoms with Gasteiger partial charge in [0.2, 0.25) is 5.79 Å². The van der Waals surface area contributed by atoms with Crippen molar-refractivity contribution in [1.82, 2.24) is 0 Å². The lowest BCUT2D eigenvalue weighted by Gasteiger charge is -2.20. The number of benzene rings is 1. The molecule has 0 saturated carbocycles. The molecule has 0 radical (unpaired) electrons. The fourth-order valence-electron chi connectivity index (χ4n) is 1.48. The Bertz CT molecular complexity index is 351. The first kappa shape index (κ1) is 9.84. The van der Waals surface area contributed by atoms with Gasteiger partial charge in [0.25, 0.3) is 0 Å². The Balaban J connectivity index is 2.39. The van der Waals surface area contributed by atoms with Crippen LogP contribution in [0.2, 0.25) is 0 Å². The van der Waals surface area contributed by atoms with Crippen LogP contribution in [0.25, 0.3) is 0 Å². The van der Waals surface area contributed by atoms with Gasteiger partial charge in [0.1, 0.15) is 0 Å². The van der Waals surface area contributed by atoms with Gasteiger partial charge in [-0.15, -0.1) is 0 Å². The van der Waals surface area contributed by atoms with Gasteiger partial charge < -0.3 is 9.47 Å². The Morgan fingerprint density at radius 3 is 2.79 bits per heavy atom. The second-order valence-electron chi connectivity index (χ2n) is 3.57. The van der Waals surface area contributed by atoms with Crippen LogP contribution in [-0.4, -0.2) is 5.79 Å². The van der Waals surface area contributed by atoms with Crippen LogP contribution >= 0.6 is 15.9 Å². The van der Waals surface area contributed by atoms with Crippen molar-refractivity contribution in [3.63, 3.8) is 0 Å². The molecule has 0 N–H and O–H groups in total. The maximum absolute atomic E-state index is 5.81. The molecule has 3 heteroatoms. The van der Waals surface area contributed by atoms with Crippen LogP contribution in [0.3, 0.4) is 0 Å². The summed E-state index contributed by atoms with van der Waals surface area (Å²) in [5, 5.41) is 0.791. The summed E-state index contributed by atoms with van der Waals surface area (Å²) < 4.78 is 11.6. The maximum atomic E-state index is 5.81. The van der Waals surface area contributed by atoms with Crippen LogP contribution in [0.1, 0.15) is 25.8 Å². The summed E-state index contributed by atoms with van der Waals surface area (Å²) in [6, 6.07) is 5.97. The predicted molar refractivity (Wildman–Crippen MR) is 59.0 cm³/mol. The van der Waals surface area contributed by atoms with Gasteiger partial charge in [-0.3, -0.25) is 0 Å². The lowest BCUT2D eigenvalue weighted by Crippen LogP contribution is -2.33. The Hall–Kier alpha value is -0.700. The average Bonchev–Trinajstić information content (AvgIpc) is 2.54. The molecular weight excluding hydrogens is 244 g/mol. The van der Waals surface area contributed by atoms with Gasteiger partial charge in [-0.2, -0.15) is 0 Å². The van der Waals surface area contributed by atoms with Gasteiger partial charge >= 0.3 is 0 Å². The second kappa shape index (κ2) is 3.46. The van der Waals surface area contributed by atoms with E-state index >= 15 is 0 Å². The molecule has 1 aliphatic rings. The van der Waals surface area contributed by atoms with E-state index < -0.39 is 5.79 Å². The quantitative estimate of drug-likeness (QED) is 0.755. The van der Waals surface area contributed by atoms with Crippen molar-refractivity contribution in [2.45, 2.75) is 31.4 Å². The minimum atomic E-state index is -0.486. The summed E-state index contributed by atoms with van der Waals surface area (Å²) in [7, 11) is 0. The molecule has 1 aromatic rings. The Kier molecular flexibility index (Phi) is 2.43. The van der Waals surface area contributed by atoms with Gasteiger partial charge in [0, 0.05) is 24.2 Å². The number of hydrogen-bond acceptors (Lipinski definition) is 2. The first-order valence-electron chi connectivity index (χ1n) is 4.74. The van der Waals surface area contributed by atoms with Gasteiger partial charge in [-0.05, 0) is 6.07 Å². The minimum Gasteiger partial charge on any atom is -0.449 e. The molecule has 0 aromatic heterocycles. The zero-order valence-corrected chi connectivity index (χ0v) is 9.93. The van der Waals surface area contributed by atoms with E-state index in [0.717, 1.165) is 28.8 Å². The maximum Gasteiger partial charge on any atom is 0.248 e. The summed E-state index contributed by atoms with van der Waals surface area (Å²) in [4.78, 5) is 0. The first-order chi connectivity index (χ1) is 6.68. The van der Waals surface area contributed by atoms with E-state index in [4.69, 9.17) is 9.47 Å². The third kappa shape index (κ3) is 1.50. The van der Waals surface area contributed by atoms with Gasteiger partial charge in [-0.25, -0.2) is 0 Å². The van der Waals surface area contributed by atoms with E-state index in [-0.39, 0.29) is 0 Å². The number of fused-ring (bicyclic) bond motifs is 1. The Morgan fingerprint density at radius 1 is 1.36 bits per heavy atom. The smallest absolute Gasteiger partial charge is 0.248 e. The molecular formula is C11H13BrO2. The summed E-state index contributed by atoms with van der Waals surface area (Å²) in [6.07, 6.45) is 0.837. The molecule has 1 heterocycles. The van der Waals surface area contributed by atoms with Crippen molar-refractivity contribution >= 4 is 15.9 Å². The van der Waals surface area contributed by atoms with Gasteiger partial charge in [0.05, 0.1) is 0 Å². The van der Waals surface area contributed by atoms with Gasteiger partial charge in [-0.1, -0.05) is 35.0 Å². The monoisotopic (exact) mass is 256 g/mol. The molecule has 0 saturated heterocycles. The van der Waals surface area contributed by atoms with E-state index in [1.54, 1.807) is 0 Å². The van der Waals surface area contributed by atoms with Crippen LogP contribution in [-0.2, 0) is 5.33 Å². The first-order valence-corrected chi connectivity index (χ1v) is 5.86. The predicted octanol–water partition coefficient (Wildman–Crippen LogP) is 3.48. The molecule has 0 spiro atoms. The summed E-state index contributed by atoms with van der Waals surface area (Å²) in [5.74, 6) is 1.25. The second-order valence-corrected chi connectivity index (χ2v) is 4.13. The zero-order valence-electron chi connectivity index (χ0n) is 8.34. The van der Waals surface area contributed by atoms with Crippen molar-refractivity contribution in [3.8, 4) is 11.5 Å². The summed E-state index contributed by atoms with van der Waals surface area (Å²) in [6.45, 7) is 4.02. The Labute approximate surface area is 92.3 Å². The number of para-hydroxylation sites is 1. The standard InChI is InChI=1S/C11H13BrO2/c1-3-11(2)13-9-6-4-5-8(7-12)10(9)14-11/h4-6H,3,7H2,1-2H3. The molecule has 1 aliphatic heterocycles. The highest BCUT2D eigenvalue weighted by Crippen LogP contribution is 2.43. The molecule has 14 heavy (non-hydrogen) atoms. The lowest BCUT2D eigenvalue weighted by molar-refractivity contribution is -0.0642. The molecule has 2 nitrogen and oxygen atoms in total. The van der Waals surface area contributed by atoms with E-state index in [1.807, 2.05) is 25.1 Å². The summed E-state index contributed by atoms with van der Waals surface area (Å²) >= 11 is 3.43. The van der Waals surface area contributed by atoms with Crippen LogP contribution in [0.5, 0.6) is 11.5 Å². The molecule has 1 aromatic carbocycles. The number of ether oxygens (including phenoxy) is 2. The third-order valence-electron chi connectivity index (χ3n) is 2.49. The molecule has 76 valence electrons. The fourth-order valence-corrected chi connectivity index (χ4v) is 1.92. The lowest BCUT2D eigenvalue weighted by atomic mass is 10.2. The SMILES string of the molecule is CCC1(C)Oc2cccc(CBr)c2O1. The number of alkyl halides is 1. The molecule has 2 rings (SSSR count). The fraction of sp³-hybridized carbons (Fsp3) is 0.455. The number of halogens is 1. The van der Waals surface area contributed by atoms with Crippen LogP contribution in [0.4, 0.5) is 0 Å². The number of hydrogen-bond donors (Lipinski definition) is 0. The van der Waals surface area contributed by atoms with Crippen molar-refractivity contribution in [2.24, 2.45) is 0 Å². The van der Waals surface area contributed by atoms with E-state index in [2.05, 4.69) is 22.9 Å². The minimum absolute atomic E-state index is 0.486.